The fourth-order valence-electron chi connectivity index (χ4n) is 4.09. The average Bonchev–Trinajstić information content (AvgIpc) is 3.37. The van der Waals surface area contributed by atoms with Gasteiger partial charge in [0.25, 0.3) is 0 Å². The molecule has 1 aliphatic heterocycles. The number of furan rings is 2. The van der Waals surface area contributed by atoms with Gasteiger partial charge in [-0.2, -0.15) is 0 Å². The lowest BCUT2D eigenvalue weighted by atomic mass is 10.0. The molecule has 0 bridgehead atoms. The number of benzene rings is 1. The van der Waals surface area contributed by atoms with Gasteiger partial charge in [0.1, 0.15) is 11.3 Å². The molecule has 1 aliphatic rings. The number of hydrogen-bond donors (Lipinski definition) is 1. The van der Waals surface area contributed by atoms with Crippen LogP contribution in [0, 0.1) is 13.8 Å². The Labute approximate surface area is 165 Å². The van der Waals surface area contributed by atoms with Crippen molar-refractivity contribution in [3.8, 4) is 0 Å². The molecule has 0 saturated carbocycles. The lowest BCUT2D eigenvalue weighted by molar-refractivity contribution is -0.120. The van der Waals surface area contributed by atoms with Crippen LogP contribution in [0.1, 0.15) is 47.8 Å². The van der Waals surface area contributed by atoms with Crippen LogP contribution in [0.5, 0.6) is 0 Å². The molecular formula is C23H28N2O3. The fourth-order valence-corrected chi connectivity index (χ4v) is 4.09. The maximum absolute atomic E-state index is 12.7. The van der Waals surface area contributed by atoms with Crippen LogP contribution in [0.15, 0.2) is 45.6 Å². The SMILES string of the molecule is Cc1ccc2c(CC(=O)NCC(c3ccco3)N3CCCCC3)coc2c1C. The largest absolute Gasteiger partial charge is 0.468 e. The molecule has 4 rings (SSSR count). The number of carbonyl (C=O) groups excluding carboxylic acids is 1. The number of nitrogens with one attached hydrogen (secondary N) is 1. The van der Waals surface area contributed by atoms with Gasteiger partial charge < -0.3 is 14.2 Å². The summed E-state index contributed by atoms with van der Waals surface area (Å²) in [6.07, 6.45) is 7.41. The molecule has 1 fully saturated rings. The van der Waals surface area contributed by atoms with E-state index in [-0.39, 0.29) is 11.9 Å². The molecule has 1 atom stereocenters. The molecule has 1 aromatic carbocycles. The van der Waals surface area contributed by atoms with Gasteiger partial charge >= 0.3 is 0 Å². The number of carbonyl (C=O) groups is 1. The number of likely N-dealkylation sites (tertiary alicyclic amines) is 1. The number of rotatable bonds is 6. The zero-order valence-corrected chi connectivity index (χ0v) is 16.7. The van der Waals surface area contributed by atoms with Gasteiger partial charge in [0.2, 0.25) is 5.91 Å². The zero-order valence-electron chi connectivity index (χ0n) is 16.7. The molecule has 5 nitrogen and oxygen atoms in total. The minimum absolute atomic E-state index is 0.00879. The molecule has 1 unspecified atom stereocenters. The Bertz CT molecular complexity index is 936. The van der Waals surface area contributed by atoms with Crippen molar-refractivity contribution >= 4 is 16.9 Å². The van der Waals surface area contributed by atoms with Gasteiger partial charge in [-0.15, -0.1) is 0 Å². The number of hydrogen-bond acceptors (Lipinski definition) is 4. The predicted octanol–water partition coefficient (Wildman–Crippen LogP) is 4.53. The number of nitrogens with zero attached hydrogens (tertiary/aromatic N) is 1. The van der Waals surface area contributed by atoms with Crippen molar-refractivity contribution in [1.29, 1.82) is 0 Å². The van der Waals surface area contributed by atoms with Crippen molar-refractivity contribution in [3.63, 3.8) is 0 Å². The Balaban J connectivity index is 1.43. The van der Waals surface area contributed by atoms with E-state index in [1.807, 2.05) is 18.2 Å². The molecule has 0 radical (unpaired) electrons. The molecule has 5 heteroatoms. The van der Waals surface area contributed by atoms with E-state index in [0.717, 1.165) is 40.9 Å². The summed E-state index contributed by atoms with van der Waals surface area (Å²) in [6.45, 7) is 6.77. The van der Waals surface area contributed by atoms with E-state index < -0.39 is 0 Å². The molecule has 1 amide bonds. The van der Waals surface area contributed by atoms with Gasteiger partial charge in [0.15, 0.2) is 0 Å². The van der Waals surface area contributed by atoms with Crippen LogP contribution in [0.25, 0.3) is 11.0 Å². The highest BCUT2D eigenvalue weighted by atomic mass is 16.3. The summed E-state index contributed by atoms with van der Waals surface area (Å²) in [6, 6.07) is 8.13. The Hall–Kier alpha value is -2.53. The van der Waals surface area contributed by atoms with Crippen molar-refractivity contribution in [2.45, 2.75) is 45.6 Å². The number of amides is 1. The van der Waals surface area contributed by atoms with Gasteiger partial charge in [-0.3, -0.25) is 9.69 Å². The quantitative estimate of drug-likeness (QED) is 0.683. The Morgan fingerprint density at radius 3 is 2.71 bits per heavy atom. The third kappa shape index (κ3) is 3.85. The van der Waals surface area contributed by atoms with Crippen LogP contribution < -0.4 is 5.32 Å². The van der Waals surface area contributed by atoms with Gasteiger partial charge in [-0.05, 0) is 63.0 Å². The highest BCUT2D eigenvalue weighted by Gasteiger charge is 2.25. The van der Waals surface area contributed by atoms with Gasteiger partial charge in [0, 0.05) is 17.5 Å². The Kier molecular flexibility index (Phi) is 5.53. The van der Waals surface area contributed by atoms with E-state index >= 15 is 0 Å². The number of fused-ring (bicyclic) bond motifs is 1. The maximum atomic E-state index is 12.7. The van der Waals surface area contributed by atoms with Gasteiger partial charge in [-0.25, -0.2) is 0 Å². The lowest BCUT2D eigenvalue weighted by Gasteiger charge is -2.33. The van der Waals surface area contributed by atoms with E-state index in [2.05, 4.69) is 30.1 Å². The maximum Gasteiger partial charge on any atom is 0.224 e. The second-order valence-electron chi connectivity index (χ2n) is 7.75. The monoisotopic (exact) mass is 380 g/mol. The van der Waals surface area contributed by atoms with Crippen LogP contribution in [0.3, 0.4) is 0 Å². The second kappa shape index (κ2) is 8.23. The van der Waals surface area contributed by atoms with Crippen LogP contribution in [-0.2, 0) is 11.2 Å². The third-order valence-electron chi connectivity index (χ3n) is 5.89. The molecule has 1 saturated heterocycles. The van der Waals surface area contributed by atoms with Gasteiger partial charge in [0.05, 0.1) is 25.0 Å². The van der Waals surface area contributed by atoms with Crippen LogP contribution in [0.4, 0.5) is 0 Å². The summed E-state index contributed by atoms with van der Waals surface area (Å²) in [7, 11) is 0. The van der Waals surface area contributed by atoms with Gasteiger partial charge in [-0.1, -0.05) is 18.6 Å². The van der Waals surface area contributed by atoms with Crippen molar-refractivity contribution in [2.75, 3.05) is 19.6 Å². The minimum atomic E-state index is 0.00879. The Morgan fingerprint density at radius 2 is 1.96 bits per heavy atom. The molecule has 1 N–H and O–H groups in total. The van der Waals surface area contributed by atoms with Crippen molar-refractivity contribution in [2.24, 2.45) is 0 Å². The molecule has 2 aromatic heterocycles. The van der Waals surface area contributed by atoms with Crippen molar-refractivity contribution < 1.29 is 13.6 Å². The first-order valence-corrected chi connectivity index (χ1v) is 10.1. The summed E-state index contributed by atoms with van der Waals surface area (Å²) in [5.41, 5.74) is 4.14. The molecule has 3 heterocycles. The minimum Gasteiger partial charge on any atom is -0.468 e. The average molecular weight is 380 g/mol. The summed E-state index contributed by atoms with van der Waals surface area (Å²) < 4.78 is 11.4. The molecule has 3 aromatic rings. The predicted molar refractivity (Wildman–Crippen MR) is 109 cm³/mol. The van der Waals surface area contributed by atoms with Crippen molar-refractivity contribution in [1.82, 2.24) is 10.2 Å². The van der Waals surface area contributed by atoms with Crippen LogP contribution in [-0.4, -0.2) is 30.4 Å². The second-order valence-corrected chi connectivity index (χ2v) is 7.75. The van der Waals surface area contributed by atoms with E-state index in [9.17, 15) is 4.79 Å². The Morgan fingerprint density at radius 1 is 1.14 bits per heavy atom. The van der Waals surface area contributed by atoms with Crippen LogP contribution >= 0.6 is 0 Å². The lowest BCUT2D eigenvalue weighted by Crippen LogP contribution is -2.40. The summed E-state index contributed by atoms with van der Waals surface area (Å²) in [5, 5.41) is 4.14. The summed E-state index contributed by atoms with van der Waals surface area (Å²) in [5.74, 6) is 0.927. The third-order valence-corrected chi connectivity index (χ3v) is 5.89. The van der Waals surface area contributed by atoms with E-state index in [4.69, 9.17) is 8.83 Å². The van der Waals surface area contributed by atoms with Crippen LogP contribution in [0.2, 0.25) is 0 Å². The van der Waals surface area contributed by atoms with E-state index in [0.29, 0.717) is 13.0 Å². The van der Waals surface area contributed by atoms with E-state index in [1.165, 1.54) is 24.8 Å². The molecular weight excluding hydrogens is 352 g/mol. The number of aryl methyl sites for hydroxylation is 2. The molecule has 0 aliphatic carbocycles. The highest BCUT2D eigenvalue weighted by Crippen LogP contribution is 2.27. The molecule has 0 spiro atoms. The first-order chi connectivity index (χ1) is 13.6. The zero-order chi connectivity index (χ0) is 19.5. The highest BCUT2D eigenvalue weighted by molar-refractivity contribution is 5.89. The summed E-state index contributed by atoms with van der Waals surface area (Å²) >= 11 is 0. The fraction of sp³-hybridized carbons (Fsp3) is 0.435. The topological polar surface area (TPSA) is 58.6 Å². The van der Waals surface area contributed by atoms with Crippen molar-refractivity contribution in [3.05, 3.63) is 59.2 Å². The molecule has 28 heavy (non-hydrogen) atoms. The normalized spacial score (nSPS) is 16.4. The smallest absolute Gasteiger partial charge is 0.224 e. The summed E-state index contributed by atoms with van der Waals surface area (Å²) in [4.78, 5) is 15.1. The first kappa shape index (κ1) is 18.8. The standard InChI is InChI=1S/C23H28N2O3/c1-16-8-9-19-18(15-28-23(19)17(16)2)13-22(26)24-14-20(21-7-6-12-27-21)25-10-4-3-5-11-25/h6-9,12,15,20H,3-5,10-11,13-14H2,1-2H3,(H,24,26). The number of piperidine rings is 1. The molecule has 148 valence electrons. The first-order valence-electron chi connectivity index (χ1n) is 10.1. The van der Waals surface area contributed by atoms with E-state index in [1.54, 1.807) is 12.5 Å².